The number of alkyl halides is 2. The molecule has 2 aromatic rings. The second-order valence-electron chi connectivity index (χ2n) is 4.49. The predicted octanol–water partition coefficient (Wildman–Crippen LogP) is 3.78. The minimum absolute atomic E-state index is 0.120. The Morgan fingerprint density at radius 3 is 2.43 bits per heavy atom. The van der Waals surface area contributed by atoms with E-state index in [9.17, 15) is 8.78 Å². The van der Waals surface area contributed by atoms with Gasteiger partial charge in [-0.05, 0) is 30.4 Å². The first kappa shape index (κ1) is 17.0. The van der Waals surface area contributed by atoms with Crippen LogP contribution in [0.3, 0.4) is 0 Å². The summed E-state index contributed by atoms with van der Waals surface area (Å²) in [4.78, 5) is 0. The van der Waals surface area contributed by atoms with E-state index in [1.807, 2.05) is 18.2 Å². The number of methoxy groups -OCH3 is 1. The van der Waals surface area contributed by atoms with Crippen LogP contribution in [0.1, 0.15) is 5.56 Å². The van der Waals surface area contributed by atoms with Gasteiger partial charge in [0.15, 0.2) is 5.11 Å². The Kier molecular flexibility index (Phi) is 6.10. The van der Waals surface area contributed by atoms with Gasteiger partial charge in [0.2, 0.25) is 0 Å². The molecule has 0 aliphatic rings. The van der Waals surface area contributed by atoms with Crippen LogP contribution < -0.4 is 20.1 Å². The number of halogens is 2. The molecule has 4 nitrogen and oxygen atoms in total. The highest BCUT2D eigenvalue weighted by molar-refractivity contribution is 7.80. The fourth-order valence-electron chi connectivity index (χ4n) is 1.95. The Hall–Kier alpha value is -2.41. The number of hydrogen-bond acceptors (Lipinski definition) is 3. The second-order valence-corrected chi connectivity index (χ2v) is 4.90. The summed E-state index contributed by atoms with van der Waals surface area (Å²) in [5, 5.41) is 6.30. The van der Waals surface area contributed by atoms with Crippen molar-refractivity contribution in [2.24, 2.45) is 0 Å². The summed E-state index contributed by atoms with van der Waals surface area (Å²) in [6, 6.07) is 13.9. The molecule has 23 heavy (non-hydrogen) atoms. The van der Waals surface area contributed by atoms with Crippen LogP contribution in [0.4, 0.5) is 14.5 Å². The molecule has 2 rings (SSSR count). The maximum absolute atomic E-state index is 12.4. The summed E-state index contributed by atoms with van der Waals surface area (Å²) in [5.74, 6) is 0.771. The van der Waals surface area contributed by atoms with Crippen molar-refractivity contribution in [1.82, 2.24) is 5.32 Å². The van der Waals surface area contributed by atoms with Crippen LogP contribution in [-0.2, 0) is 6.54 Å². The van der Waals surface area contributed by atoms with E-state index in [0.29, 0.717) is 22.1 Å². The number of hydrogen-bond donors (Lipinski definition) is 2. The van der Waals surface area contributed by atoms with Gasteiger partial charge in [-0.3, -0.25) is 0 Å². The highest BCUT2D eigenvalue weighted by atomic mass is 32.1. The standard InChI is InChI=1S/C16H16F2N2O2S/c1-21-14-9-5-3-7-12(14)20-16(23)19-10-11-6-2-4-8-13(11)22-15(17)18/h2-9,15H,10H2,1H3,(H2,19,20,23). The van der Waals surface area contributed by atoms with Gasteiger partial charge in [-0.15, -0.1) is 0 Å². The normalized spacial score (nSPS) is 10.3. The molecule has 0 spiro atoms. The van der Waals surface area contributed by atoms with Gasteiger partial charge in [0.05, 0.1) is 12.8 Å². The largest absolute Gasteiger partial charge is 0.495 e. The van der Waals surface area contributed by atoms with Crippen LogP contribution in [0, 0.1) is 0 Å². The highest BCUT2D eigenvalue weighted by Gasteiger charge is 2.09. The molecule has 122 valence electrons. The van der Waals surface area contributed by atoms with Gasteiger partial charge in [-0.25, -0.2) is 0 Å². The van der Waals surface area contributed by atoms with Crippen molar-refractivity contribution in [3.63, 3.8) is 0 Å². The number of ether oxygens (including phenoxy) is 2. The van der Waals surface area contributed by atoms with Crippen LogP contribution >= 0.6 is 12.2 Å². The van der Waals surface area contributed by atoms with Gasteiger partial charge in [0.1, 0.15) is 11.5 Å². The molecule has 0 fully saturated rings. The Bertz CT molecular complexity index is 668. The highest BCUT2D eigenvalue weighted by Crippen LogP contribution is 2.23. The monoisotopic (exact) mass is 338 g/mol. The molecule has 0 saturated carbocycles. The molecule has 0 aliphatic carbocycles. The Morgan fingerprint density at radius 2 is 1.74 bits per heavy atom. The van der Waals surface area contributed by atoms with Crippen molar-refractivity contribution in [2.45, 2.75) is 13.2 Å². The fraction of sp³-hybridized carbons (Fsp3) is 0.188. The van der Waals surface area contributed by atoms with Crippen molar-refractivity contribution < 1.29 is 18.3 Å². The molecule has 0 amide bonds. The van der Waals surface area contributed by atoms with Crippen molar-refractivity contribution in [1.29, 1.82) is 0 Å². The number of thiocarbonyl (C=S) groups is 1. The van der Waals surface area contributed by atoms with Crippen molar-refractivity contribution in [2.75, 3.05) is 12.4 Å². The summed E-state index contributed by atoms with van der Waals surface area (Å²) >= 11 is 5.21. The number of para-hydroxylation sites is 3. The molecule has 0 saturated heterocycles. The number of anilines is 1. The molecule has 0 atom stereocenters. The van der Waals surface area contributed by atoms with Gasteiger partial charge < -0.3 is 20.1 Å². The average Bonchev–Trinajstić information content (AvgIpc) is 2.54. The van der Waals surface area contributed by atoms with E-state index >= 15 is 0 Å². The zero-order valence-electron chi connectivity index (χ0n) is 12.4. The summed E-state index contributed by atoms with van der Waals surface area (Å²) < 4.78 is 34.4. The van der Waals surface area contributed by atoms with Crippen LogP contribution in [-0.4, -0.2) is 18.8 Å². The quantitative estimate of drug-likeness (QED) is 0.785. The maximum atomic E-state index is 12.4. The molecular weight excluding hydrogens is 322 g/mol. The molecule has 2 aromatic carbocycles. The van der Waals surface area contributed by atoms with Crippen LogP contribution in [0.25, 0.3) is 0 Å². The number of benzene rings is 2. The topological polar surface area (TPSA) is 42.5 Å². The number of rotatable bonds is 6. The third-order valence-electron chi connectivity index (χ3n) is 2.98. The fourth-order valence-corrected chi connectivity index (χ4v) is 2.13. The zero-order valence-corrected chi connectivity index (χ0v) is 13.2. The van der Waals surface area contributed by atoms with E-state index in [4.69, 9.17) is 17.0 Å². The van der Waals surface area contributed by atoms with Crippen LogP contribution in [0.15, 0.2) is 48.5 Å². The Balaban J connectivity index is 1.97. The first-order chi connectivity index (χ1) is 11.1. The lowest BCUT2D eigenvalue weighted by Crippen LogP contribution is -2.28. The third-order valence-corrected chi connectivity index (χ3v) is 3.23. The SMILES string of the molecule is COc1ccccc1NC(=S)NCc1ccccc1OC(F)F. The minimum atomic E-state index is -2.87. The third kappa shape index (κ3) is 5.07. The molecule has 0 unspecified atom stereocenters. The van der Waals surface area contributed by atoms with Crippen molar-refractivity contribution in [3.05, 3.63) is 54.1 Å². The molecular formula is C16H16F2N2O2S. The average molecular weight is 338 g/mol. The summed E-state index contributed by atoms with van der Waals surface area (Å²) in [7, 11) is 1.56. The van der Waals surface area contributed by atoms with E-state index in [1.165, 1.54) is 6.07 Å². The molecule has 0 aliphatic heterocycles. The predicted molar refractivity (Wildman–Crippen MR) is 89.1 cm³/mol. The van der Waals surface area contributed by atoms with E-state index in [-0.39, 0.29) is 12.3 Å². The Morgan fingerprint density at radius 1 is 1.09 bits per heavy atom. The summed E-state index contributed by atoms with van der Waals surface area (Å²) in [6.07, 6.45) is 0. The molecule has 0 radical (unpaired) electrons. The lowest BCUT2D eigenvalue weighted by Gasteiger charge is -2.15. The van der Waals surface area contributed by atoms with Gasteiger partial charge in [0, 0.05) is 12.1 Å². The van der Waals surface area contributed by atoms with E-state index in [1.54, 1.807) is 31.4 Å². The molecule has 2 N–H and O–H groups in total. The van der Waals surface area contributed by atoms with Crippen LogP contribution in [0.5, 0.6) is 11.5 Å². The van der Waals surface area contributed by atoms with E-state index in [0.717, 1.165) is 0 Å². The smallest absolute Gasteiger partial charge is 0.387 e. The van der Waals surface area contributed by atoms with Crippen LogP contribution in [0.2, 0.25) is 0 Å². The van der Waals surface area contributed by atoms with Gasteiger partial charge in [-0.2, -0.15) is 8.78 Å². The lowest BCUT2D eigenvalue weighted by atomic mass is 10.2. The first-order valence-electron chi connectivity index (χ1n) is 6.80. The second kappa shape index (κ2) is 8.28. The van der Waals surface area contributed by atoms with Gasteiger partial charge in [0.25, 0.3) is 0 Å². The Labute approximate surface area is 138 Å². The van der Waals surface area contributed by atoms with E-state index in [2.05, 4.69) is 15.4 Å². The molecule has 0 heterocycles. The van der Waals surface area contributed by atoms with Crippen molar-refractivity contribution in [3.8, 4) is 11.5 Å². The van der Waals surface area contributed by atoms with E-state index < -0.39 is 6.61 Å². The summed E-state index contributed by atoms with van der Waals surface area (Å²) in [6.45, 7) is -2.61. The van der Waals surface area contributed by atoms with Gasteiger partial charge >= 0.3 is 6.61 Å². The first-order valence-corrected chi connectivity index (χ1v) is 7.21. The molecule has 7 heteroatoms. The minimum Gasteiger partial charge on any atom is -0.495 e. The molecule has 0 aromatic heterocycles. The lowest BCUT2D eigenvalue weighted by molar-refractivity contribution is -0.0504. The van der Waals surface area contributed by atoms with Crippen molar-refractivity contribution >= 4 is 23.0 Å². The maximum Gasteiger partial charge on any atom is 0.387 e. The summed E-state index contributed by atoms with van der Waals surface area (Å²) in [5.41, 5.74) is 1.29. The van der Waals surface area contributed by atoms with Gasteiger partial charge in [-0.1, -0.05) is 30.3 Å². The number of nitrogens with one attached hydrogen (secondary N) is 2. The zero-order chi connectivity index (χ0) is 16.7. The molecule has 0 bridgehead atoms.